The third kappa shape index (κ3) is 3.86. The topological polar surface area (TPSA) is 46.3 Å². The maximum Gasteiger partial charge on any atom is 0.223 e. The summed E-state index contributed by atoms with van der Waals surface area (Å²) in [6, 6.07) is 0.299. The first kappa shape index (κ1) is 15.8. The summed E-state index contributed by atoms with van der Waals surface area (Å²) in [6.45, 7) is 3.82. The van der Waals surface area contributed by atoms with Crippen LogP contribution in [0, 0.1) is 11.8 Å². The number of likely N-dealkylation sites (tertiary alicyclic amines) is 1. The minimum atomic E-state index is 0. The normalized spacial score (nSPS) is 29.1. The molecule has 0 aromatic rings. The summed E-state index contributed by atoms with van der Waals surface area (Å²) in [5, 5.41) is 0. The second-order valence-electron chi connectivity index (χ2n) is 5.96. The number of carbonyl (C=O) groups excluding carboxylic acids is 1. The van der Waals surface area contributed by atoms with Crippen molar-refractivity contribution in [3.8, 4) is 0 Å². The largest absolute Gasteiger partial charge is 0.338 e. The second kappa shape index (κ2) is 7.34. The van der Waals surface area contributed by atoms with E-state index >= 15 is 0 Å². The molecule has 1 saturated heterocycles. The van der Waals surface area contributed by atoms with E-state index in [9.17, 15) is 4.79 Å². The Morgan fingerprint density at radius 2 is 1.94 bits per heavy atom. The van der Waals surface area contributed by atoms with Crippen LogP contribution in [0.25, 0.3) is 0 Å². The van der Waals surface area contributed by atoms with Crippen LogP contribution in [0.3, 0.4) is 0 Å². The van der Waals surface area contributed by atoms with Crippen molar-refractivity contribution in [1.82, 2.24) is 4.90 Å². The van der Waals surface area contributed by atoms with Gasteiger partial charge in [-0.25, -0.2) is 0 Å². The number of hydrogen-bond donors (Lipinski definition) is 1. The average molecular weight is 275 g/mol. The predicted molar refractivity (Wildman–Crippen MR) is 76.8 cm³/mol. The maximum absolute atomic E-state index is 12.3. The fourth-order valence-electron chi connectivity index (χ4n) is 3.38. The van der Waals surface area contributed by atoms with Gasteiger partial charge in [0.1, 0.15) is 0 Å². The molecule has 0 aromatic heterocycles. The van der Waals surface area contributed by atoms with Crippen LogP contribution in [-0.4, -0.2) is 29.9 Å². The maximum atomic E-state index is 12.3. The number of rotatable bonds is 3. The van der Waals surface area contributed by atoms with Crippen molar-refractivity contribution in [3.63, 3.8) is 0 Å². The molecule has 2 aliphatic rings. The number of nitrogens with zero attached hydrogens (tertiary/aromatic N) is 1. The van der Waals surface area contributed by atoms with E-state index in [1.807, 2.05) is 0 Å². The summed E-state index contributed by atoms with van der Waals surface area (Å²) in [7, 11) is 0. The van der Waals surface area contributed by atoms with E-state index in [1.54, 1.807) is 0 Å². The lowest BCUT2D eigenvalue weighted by atomic mass is 9.91. The molecule has 106 valence electrons. The molecule has 1 amide bonds. The minimum absolute atomic E-state index is 0. The van der Waals surface area contributed by atoms with Gasteiger partial charge in [0, 0.05) is 25.6 Å². The molecular weight excluding hydrogens is 248 g/mol. The van der Waals surface area contributed by atoms with Crippen LogP contribution in [0.2, 0.25) is 0 Å². The Labute approximate surface area is 117 Å². The number of piperidine rings is 1. The van der Waals surface area contributed by atoms with Crippen molar-refractivity contribution in [2.24, 2.45) is 17.6 Å². The number of halogens is 1. The summed E-state index contributed by atoms with van der Waals surface area (Å²) in [4.78, 5) is 14.4. The zero-order valence-corrected chi connectivity index (χ0v) is 12.3. The van der Waals surface area contributed by atoms with Crippen LogP contribution < -0.4 is 5.73 Å². The minimum Gasteiger partial charge on any atom is -0.338 e. The van der Waals surface area contributed by atoms with Crippen LogP contribution in [0.15, 0.2) is 0 Å². The van der Waals surface area contributed by atoms with Crippen LogP contribution >= 0.6 is 12.4 Å². The molecule has 2 rings (SSSR count). The molecule has 2 unspecified atom stereocenters. The first-order valence-electron chi connectivity index (χ1n) is 7.20. The molecule has 2 fully saturated rings. The highest BCUT2D eigenvalue weighted by atomic mass is 35.5. The highest BCUT2D eigenvalue weighted by Crippen LogP contribution is 2.30. The lowest BCUT2D eigenvalue weighted by Gasteiger charge is -2.38. The fourth-order valence-corrected chi connectivity index (χ4v) is 3.38. The summed E-state index contributed by atoms with van der Waals surface area (Å²) in [6.07, 6.45) is 8.14. The molecule has 2 atom stereocenters. The molecule has 0 radical (unpaired) electrons. The zero-order chi connectivity index (χ0) is 12.3. The van der Waals surface area contributed by atoms with Gasteiger partial charge < -0.3 is 10.6 Å². The van der Waals surface area contributed by atoms with Crippen molar-refractivity contribution in [3.05, 3.63) is 0 Å². The van der Waals surface area contributed by atoms with Gasteiger partial charge in [0.25, 0.3) is 0 Å². The first-order chi connectivity index (χ1) is 8.20. The molecule has 4 heteroatoms. The van der Waals surface area contributed by atoms with E-state index in [4.69, 9.17) is 5.73 Å². The molecule has 1 saturated carbocycles. The number of hydrogen-bond acceptors (Lipinski definition) is 2. The van der Waals surface area contributed by atoms with Gasteiger partial charge in [-0.15, -0.1) is 12.4 Å². The van der Waals surface area contributed by atoms with Crippen LogP contribution in [-0.2, 0) is 4.79 Å². The first-order valence-corrected chi connectivity index (χ1v) is 7.20. The Hall–Kier alpha value is -0.280. The quantitative estimate of drug-likeness (QED) is 0.860. The standard InChI is InChI=1S/C14H26N2O.ClH/c1-11-6-7-16(13(8-11)10-15)14(17)9-12-4-2-3-5-12;/h11-13H,2-10,15H2,1H3;1H. The smallest absolute Gasteiger partial charge is 0.223 e. The number of carbonyl (C=O) groups is 1. The van der Waals surface area contributed by atoms with Gasteiger partial charge in [-0.05, 0) is 37.5 Å². The van der Waals surface area contributed by atoms with Gasteiger partial charge in [0.2, 0.25) is 5.91 Å². The lowest BCUT2D eigenvalue weighted by molar-refractivity contribution is -0.136. The molecule has 0 bridgehead atoms. The molecule has 1 aliphatic heterocycles. The molecular formula is C14H27ClN2O. The Bertz CT molecular complexity index is 267. The summed E-state index contributed by atoms with van der Waals surface area (Å²) >= 11 is 0. The van der Waals surface area contributed by atoms with Crippen LogP contribution in [0.5, 0.6) is 0 Å². The van der Waals surface area contributed by atoms with E-state index in [0.29, 0.717) is 24.4 Å². The average Bonchev–Trinajstić information content (AvgIpc) is 2.81. The van der Waals surface area contributed by atoms with Crippen molar-refractivity contribution in [1.29, 1.82) is 0 Å². The third-order valence-electron chi connectivity index (χ3n) is 4.51. The van der Waals surface area contributed by atoms with Gasteiger partial charge in [0.15, 0.2) is 0 Å². The molecule has 3 nitrogen and oxygen atoms in total. The van der Waals surface area contributed by atoms with Gasteiger partial charge in [-0.2, -0.15) is 0 Å². The summed E-state index contributed by atoms with van der Waals surface area (Å²) in [5.74, 6) is 1.73. The van der Waals surface area contributed by atoms with Crippen LogP contribution in [0.1, 0.15) is 51.9 Å². The van der Waals surface area contributed by atoms with E-state index < -0.39 is 0 Å². The second-order valence-corrected chi connectivity index (χ2v) is 5.96. The van der Waals surface area contributed by atoms with E-state index in [1.165, 1.54) is 25.7 Å². The van der Waals surface area contributed by atoms with Crippen molar-refractivity contribution in [2.45, 2.75) is 57.9 Å². The van der Waals surface area contributed by atoms with E-state index in [0.717, 1.165) is 31.7 Å². The van der Waals surface area contributed by atoms with Crippen LogP contribution in [0.4, 0.5) is 0 Å². The Morgan fingerprint density at radius 1 is 1.28 bits per heavy atom. The highest BCUT2D eigenvalue weighted by molar-refractivity contribution is 5.85. The van der Waals surface area contributed by atoms with Crippen molar-refractivity contribution in [2.75, 3.05) is 13.1 Å². The zero-order valence-electron chi connectivity index (χ0n) is 11.4. The van der Waals surface area contributed by atoms with Crippen molar-refractivity contribution < 1.29 is 4.79 Å². The Morgan fingerprint density at radius 3 is 2.56 bits per heavy atom. The van der Waals surface area contributed by atoms with Gasteiger partial charge in [0.05, 0.1) is 0 Å². The highest BCUT2D eigenvalue weighted by Gasteiger charge is 2.30. The number of nitrogens with two attached hydrogens (primary N) is 1. The van der Waals surface area contributed by atoms with E-state index in [2.05, 4.69) is 11.8 Å². The van der Waals surface area contributed by atoms with Gasteiger partial charge >= 0.3 is 0 Å². The van der Waals surface area contributed by atoms with E-state index in [-0.39, 0.29) is 12.4 Å². The van der Waals surface area contributed by atoms with Crippen molar-refractivity contribution >= 4 is 18.3 Å². The summed E-state index contributed by atoms with van der Waals surface area (Å²) in [5.41, 5.74) is 5.81. The molecule has 0 spiro atoms. The predicted octanol–water partition coefficient (Wildman–Crippen LogP) is 2.57. The van der Waals surface area contributed by atoms with Gasteiger partial charge in [-0.3, -0.25) is 4.79 Å². The third-order valence-corrected chi connectivity index (χ3v) is 4.51. The SMILES string of the molecule is CC1CCN(C(=O)CC2CCCC2)C(CN)C1.Cl. The monoisotopic (exact) mass is 274 g/mol. The molecule has 1 aliphatic carbocycles. The Kier molecular flexibility index (Phi) is 6.44. The number of amides is 1. The molecule has 0 aromatic carbocycles. The lowest BCUT2D eigenvalue weighted by Crippen LogP contribution is -2.49. The summed E-state index contributed by atoms with van der Waals surface area (Å²) < 4.78 is 0. The van der Waals surface area contributed by atoms with Gasteiger partial charge in [-0.1, -0.05) is 19.8 Å². The molecule has 1 heterocycles. The fraction of sp³-hybridized carbons (Fsp3) is 0.929. The Balaban J connectivity index is 0.00000162. The molecule has 2 N–H and O–H groups in total. The molecule has 18 heavy (non-hydrogen) atoms.